The van der Waals surface area contributed by atoms with Crippen molar-refractivity contribution in [1.82, 2.24) is 18.7 Å². The first-order valence-corrected chi connectivity index (χ1v) is 9.51. The van der Waals surface area contributed by atoms with E-state index in [1.807, 2.05) is 31.2 Å². The first-order chi connectivity index (χ1) is 14.0. The molecule has 29 heavy (non-hydrogen) atoms. The van der Waals surface area contributed by atoms with Crippen molar-refractivity contribution in [2.75, 3.05) is 0 Å². The summed E-state index contributed by atoms with van der Waals surface area (Å²) in [5.41, 5.74) is 2.52. The third-order valence-electron chi connectivity index (χ3n) is 4.88. The third kappa shape index (κ3) is 3.32. The van der Waals surface area contributed by atoms with Crippen molar-refractivity contribution >= 4 is 22.8 Å². The number of imidazole rings is 1. The Morgan fingerprint density at radius 3 is 2.66 bits per heavy atom. The molecule has 6 nitrogen and oxygen atoms in total. The molecule has 0 aliphatic rings. The summed E-state index contributed by atoms with van der Waals surface area (Å²) in [6.45, 7) is 6.27. The van der Waals surface area contributed by atoms with Crippen molar-refractivity contribution in [3.8, 4) is 5.69 Å². The molecule has 0 aliphatic heterocycles. The number of aryl methyl sites for hydroxylation is 1. The van der Waals surface area contributed by atoms with Gasteiger partial charge in [-0.1, -0.05) is 48.0 Å². The minimum atomic E-state index is -0.481. The summed E-state index contributed by atoms with van der Waals surface area (Å²) in [6.07, 6.45) is 3.12. The molecule has 0 N–H and O–H groups in total. The van der Waals surface area contributed by atoms with Crippen molar-refractivity contribution in [3.63, 3.8) is 0 Å². The number of benzene rings is 2. The quantitative estimate of drug-likeness (QED) is 0.476. The maximum absolute atomic E-state index is 13.2. The summed E-state index contributed by atoms with van der Waals surface area (Å²) in [5, 5.41) is 0.489. The van der Waals surface area contributed by atoms with E-state index in [1.54, 1.807) is 35.2 Å². The van der Waals surface area contributed by atoms with Crippen LogP contribution in [0.4, 0.5) is 0 Å². The third-order valence-corrected chi connectivity index (χ3v) is 5.12. The van der Waals surface area contributed by atoms with Crippen LogP contribution in [0, 0.1) is 6.92 Å². The van der Waals surface area contributed by atoms with Crippen molar-refractivity contribution in [3.05, 3.63) is 105 Å². The van der Waals surface area contributed by atoms with Crippen LogP contribution in [0.3, 0.4) is 0 Å². The number of halogens is 1. The van der Waals surface area contributed by atoms with Gasteiger partial charge in [0.25, 0.3) is 5.56 Å². The molecular formula is C22H19ClN4O2. The molecule has 2 aromatic carbocycles. The average Bonchev–Trinajstić information content (AvgIpc) is 3.10. The number of nitrogens with zero attached hydrogens (tertiary/aromatic N) is 4. The molecule has 2 heterocycles. The molecule has 0 radical (unpaired) electrons. The van der Waals surface area contributed by atoms with Crippen LogP contribution in [0.25, 0.3) is 16.9 Å². The average molecular weight is 407 g/mol. The summed E-state index contributed by atoms with van der Waals surface area (Å²) in [6, 6.07) is 14.9. The molecule has 0 amide bonds. The molecule has 146 valence electrons. The van der Waals surface area contributed by atoms with Gasteiger partial charge in [0.15, 0.2) is 11.2 Å². The highest BCUT2D eigenvalue weighted by Gasteiger charge is 2.19. The second-order valence-corrected chi connectivity index (χ2v) is 7.21. The van der Waals surface area contributed by atoms with Crippen molar-refractivity contribution in [1.29, 1.82) is 0 Å². The Morgan fingerprint density at radius 2 is 1.93 bits per heavy atom. The summed E-state index contributed by atoms with van der Waals surface area (Å²) in [7, 11) is 0. The zero-order valence-electron chi connectivity index (χ0n) is 15.9. The monoisotopic (exact) mass is 406 g/mol. The zero-order chi connectivity index (χ0) is 20.5. The van der Waals surface area contributed by atoms with E-state index >= 15 is 0 Å². The maximum atomic E-state index is 13.2. The van der Waals surface area contributed by atoms with E-state index in [4.69, 9.17) is 11.6 Å². The van der Waals surface area contributed by atoms with Crippen molar-refractivity contribution < 1.29 is 0 Å². The Balaban J connectivity index is 2.03. The minimum absolute atomic E-state index is 0.101. The molecule has 0 saturated carbocycles. The Hall–Kier alpha value is -3.38. The summed E-state index contributed by atoms with van der Waals surface area (Å²) in [5.74, 6) is 0. The van der Waals surface area contributed by atoms with Gasteiger partial charge >= 0.3 is 5.69 Å². The van der Waals surface area contributed by atoms with Crippen molar-refractivity contribution in [2.45, 2.75) is 20.0 Å². The van der Waals surface area contributed by atoms with Gasteiger partial charge in [-0.15, -0.1) is 6.58 Å². The Kier molecular flexibility index (Phi) is 4.94. The largest absolute Gasteiger partial charge is 0.337 e. The van der Waals surface area contributed by atoms with Gasteiger partial charge in [-0.25, -0.2) is 14.3 Å². The normalized spacial score (nSPS) is 11.1. The highest BCUT2D eigenvalue weighted by atomic mass is 35.5. The number of aromatic nitrogens is 4. The van der Waals surface area contributed by atoms with E-state index in [0.29, 0.717) is 28.4 Å². The minimum Gasteiger partial charge on any atom is -0.320 e. The molecule has 0 unspecified atom stereocenters. The molecule has 0 atom stereocenters. The molecule has 0 bridgehead atoms. The molecule has 0 spiro atoms. The van der Waals surface area contributed by atoms with E-state index in [-0.39, 0.29) is 6.54 Å². The highest BCUT2D eigenvalue weighted by Crippen LogP contribution is 2.18. The lowest BCUT2D eigenvalue weighted by atomic mass is 10.1. The van der Waals surface area contributed by atoms with Gasteiger partial charge in [0.2, 0.25) is 0 Å². The Bertz CT molecular complexity index is 1350. The lowest BCUT2D eigenvalue weighted by Gasteiger charge is -2.12. The molecule has 0 saturated heterocycles. The SMILES string of the molecule is C=CCn1c(=O)c2c(ncn2Cc2ccccc2C)n(-c2cccc(Cl)c2)c1=O. The topological polar surface area (TPSA) is 61.8 Å². The van der Waals surface area contributed by atoms with Gasteiger partial charge in [-0.05, 0) is 36.2 Å². The van der Waals surface area contributed by atoms with Crippen LogP contribution in [0.1, 0.15) is 11.1 Å². The smallest absolute Gasteiger partial charge is 0.320 e. The second kappa shape index (κ2) is 7.56. The van der Waals surface area contributed by atoms with Gasteiger partial charge in [-0.3, -0.25) is 9.36 Å². The number of fused-ring (bicyclic) bond motifs is 1. The Labute approximate surface area is 171 Å². The van der Waals surface area contributed by atoms with Gasteiger partial charge in [0.1, 0.15) is 0 Å². The molecule has 4 rings (SSSR count). The fourth-order valence-corrected chi connectivity index (χ4v) is 3.59. The van der Waals surface area contributed by atoms with Crippen LogP contribution >= 0.6 is 11.6 Å². The van der Waals surface area contributed by atoms with Gasteiger partial charge in [-0.2, -0.15) is 0 Å². The maximum Gasteiger partial charge on any atom is 0.337 e. The second-order valence-electron chi connectivity index (χ2n) is 6.77. The van der Waals surface area contributed by atoms with E-state index in [1.165, 1.54) is 10.6 Å². The van der Waals surface area contributed by atoms with Crippen LogP contribution in [0.5, 0.6) is 0 Å². The van der Waals surface area contributed by atoms with Gasteiger partial charge in [0, 0.05) is 18.1 Å². The summed E-state index contributed by atoms with van der Waals surface area (Å²) >= 11 is 6.13. The highest BCUT2D eigenvalue weighted by molar-refractivity contribution is 6.30. The van der Waals surface area contributed by atoms with Crippen LogP contribution in [0.15, 0.2) is 77.1 Å². The molecule has 2 aromatic heterocycles. The van der Waals surface area contributed by atoms with Crippen LogP contribution in [-0.4, -0.2) is 18.7 Å². The number of allylic oxidation sites excluding steroid dienone is 1. The van der Waals surface area contributed by atoms with E-state index in [0.717, 1.165) is 15.7 Å². The fraction of sp³-hybridized carbons (Fsp3) is 0.136. The van der Waals surface area contributed by atoms with Crippen molar-refractivity contribution in [2.24, 2.45) is 0 Å². The predicted octanol–water partition coefficient (Wildman–Crippen LogP) is 3.55. The summed E-state index contributed by atoms with van der Waals surface area (Å²) < 4.78 is 4.35. The standard InChI is InChI=1S/C22H19ClN4O2/c1-3-11-26-21(28)19-20(27(22(26)29)18-10-6-9-17(23)12-18)24-14-25(19)13-16-8-5-4-7-15(16)2/h3-10,12,14H,1,11,13H2,2H3. The number of hydrogen-bond acceptors (Lipinski definition) is 3. The number of rotatable bonds is 5. The van der Waals surface area contributed by atoms with Crippen LogP contribution < -0.4 is 11.2 Å². The lowest BCUT2D eigenvalue weighted by Crippen LogP contribution is -2.39. The van der Waals surface area contributed by atoms with E-state index < -0.39 is 11.2 Å². The zero-order valence-corrected chi connectivity index (χ0v) is 16.6. The van der Waals surface area contributed by atoms with E-state index in [9.17, 15) is 9.59 Å². The fourth-order valence-electron chi connectivity index (χ4n) is 3.41. The number of hydrogen-bond donors (Lipinski definition) is 0. The van der Waals surface area contributed by atoms with Crippen LogP contribution in [-0.2, 0) is 13.1 Å². The van der Waals surface area contributed by atoms with Gasteiger partial charge in [0.05, 0.1) is 12.0 Å². The molecule has 7 heteroatoms. The molecule has 0 fully saturated rings. The Morgan fingerprint density at radius 1 is 1.14 bits per heavy atom. The van der Waals surface area contributed by atoms with E-state index in [2.05, 4.69) is 11.6 Å². The summed E-state index contributed by atoms with van der Waals surface area (Å²) in [4.78, 5) is 30.7. The predicted molar refractivity (Wildman–Crippen MR) is 115 cm³/mol. The van der Waals surface area contributed by atoms with Gasteiger partial charge < -0.3 is 4.57 Å². The first-order valence-electron chi connectivity index (χ1n) is 9.13. The first kappa shape index (κ1) is 19.0. The lowest BCUT2D eigenvalue weighted by molar-refractivity contribution is 0.690. The van der Waals surface area contributed by atoms with Crippen LogP contribution in [0.2, 0.25) is 5.02 Å². The molecular weight excluding hydrogens is 388 g/mol. The molecule has 0 aliphatic carbocycles. The molecule has 4 aromatic rings.